The van der Waals surface area contributed by atoms with E-state index in [2.05, 4.69) is 27.7 Å². The molecule has 0 saturated heterocycles. The summed E-state index contributed by atoms with van der Waals surface area (Å²) < 4.78 is 5.32. The quantitative estimate of drug-likeness (QED) is 0.782. The molecule has 0 heterocycles. The lowest BCUT2D eigenvalue weighted by molar-refractivity contribution is 0.0637. The lowest BCUT2D eigenvalue weighted by Crippen LogP contribution is -2.42. The van der Waals surface area contributed by atoms with E-state index < -0.39 is 0 Å². The third kappa shape index (κ3) is 4.38. The molecule has 21 heavy (non-hydrogen) atoms. The Kier molecular flexibility index (Phi) is 6.53. The second-order valence-corrected chi connectivity index (χ2v) is 5.78. The number of ether oxygens (including phenoxy) is 1. The molecule has 0 aromatic heterocycles. The van der Waals surface area contributed by atoms with Crippen molar-refractivity contribution < 1.29 is 9.53 Å². The molecule has 0 aliphatic carbocycles. The summed E-state index contributed by atoms with van der Waals surface area (Å²) in [6.45, 7) is 9.24. The smallest absolute Gasteiger partial charge is 0.257 e. The highest BCUT2D eigenvalue weighted by Gasteiger charge is 2.25. The van der Waals surface area contributed by atoms with E-state index in [9.17, 15) is 4.79 Å². The van der Waals surface area contributed by atoms with Crippen LogP contribution in [0, 0.1) is 5.92 Å². The lowest BCUT2D eigenvalue weighted by atomic mass is 10.0. The zero-order valence-electron chi connectivity index (χ0n) is 13.8. The van der Waals surface area contributed by atoms with Gasteiger partial charge in [0.15, 0.2) is 0 Å². The predicted molar refractivity (Wildman–Crippen MR) is 87.7 cm³/mol. The maximum absolute atomic E-state index is 12.9. The number of nitrogens with zero attached hydrogens (tertiary/aromatic N) is 1. The average Bonchev–Trinajstić information content (AvgIpc) is 2.46. The Morgan fingerprint density at radius 2 is 1.90 bits per heavy atom. The van der Waals surface area contributed by atoms with Crippen molar-refractivity contribution in [2.75, 3.05) is 19.4 Å². The Morgan fingerprint density at radius 3 is 2.38 bits per heavy atom. The molecule has 0 saturated carbocycles. The van der Waals surface area contributed by atoms with Crippen LogP contribution in [0.1, 0.15) is 50.9 Å². The number of hydrogen-bond acceptors (Lipinski definition) is 3. The van der Waals surface area contributed by atoms with Gasteiger partial charge in [0.1, 0.15) is 5.75 Å². The monoisotopic (exact) mass is 292 g/mol. The first-order chi connectivity index (χ1) is 9.94. The number of carbonyl (C=O) groups excluding carboxylic acids is 1. The number of anilines is 1. The molecule has 1 aromatic carbocycles. The molecule has 0 aliphatic rings. The molecule has 2 N–H and O–H groups in total. The highest BCUT2D eigenvalue weighted by atomic mass is 16.5. The van der Waals surface area contributed by atoms with Crippen molar-refractivity contribution in [3.8, 4) is 5.75 Å². The molecule has 1 aromatic rings. The first-order valence-electron chi connectivity index (χ1n) is 7.68. The summed E-state index contributed by atoms with van der Waals surface area (Å²) in [5.41, 5.74) is 6.95. The van der Waals surface area contributed by atoms with Crippen molar-refractivity contribution in [1.82, 2.24) is 4.90 Å². The van der Waals surface area contributed by atoms with Gasteiger partial charge in [-0.3, -0.25) is 4.79 Å². The Bertz CT molecular complexity index is 468. The Morgan fingerprint density at radius 1 is 1.29 bits per heavy atom. The first-order valence-corrected chi connectivity index (χ1v) is 7.68. The first kappa shape index (κ1) is 17.3. The molecule has 118 valence electrons. The molecule has 0 fully saturated rings. The molecule has 4 heteroatoms. The maximum Gasteiger partial charge on any atom is 0.257 e. The van der Waals surface area contributed by atoms with E-state index in [1.54, 1.807) is 25.3 Å². The van der Waals surface area contributed by atoms with Gasteiger partial charge < -0.3 is 15.4 Å². The second-order valence-electron chi connectivity index (χ2n) is 5.78. The molecule has 0 bridgehead atoms. The highest BCUT2D eigenvalue weighted by molar-refractivity contribution is 5.97. The molecule has 0 spiro atoms. The minimum Gasteiger partial charge on any atom is -0.496 e. The summed E-state index contributed by atoms with van der Waals surface area (Å²) in [6.07, 6.45) is 1.90. The molecular formula is C17H28N2O2. The van der Waals surface area contributed by atoms with Crippen molar-refractivity contribution in [3.63, 3.8) is 0 Å². The summed E-state index contributed by atoms with van der Waals surface area (Å²) in [5.74, 6) is 0.989. The van der Waals surface area contributed by atoms with E-state index >= 15 is 0 Å². The fourth-order valence-electron chi connectivity index (χ4n) is 2.56. The minimum atomic E-state index is 0.0225. The minimum absolute atomic E-state index is 0.0225. The van der Waals surface area contributed by atoms with Crippen LogP contribution < -0.4 is 10.5 Å². The molecular weight excluding hydrogens is 264 g/mol. The average molecular weight is 292 g/mol. The number of nitrogen functional groups attached to an aromatic ring is 1. The van der Waals surface area contributed by atoms with Crippen LogP contribution in [0.2, 0.25) is 0 Å². The van der Waals surface area contributed by atoms with Crippen LogP contribution in [0.3, 0.4) is 0 Å². The number of carbonyl (C=O) groups is 1. The van der Waals surface area contributed by atoms with Gasteiger partial charge >= 0.3 is 0 Å². The molecule has 0 unspecified atom stereocenters. The molecule has 0 radical (unpaired) electrons. The summed E-state index contributed by atoms with van der Waals surface area (Å²) >= 11 is 0. The standard InChI is InChI=1S/C17H28N2O2/c1-6-14(7-2)19(11-12(3)4)17(20)15-9-8-13(18)10-16(15)21-5/h8-10,12,14H,6-7,11,18H2,1-5H3. The van der Waals surface area contributed by atoms with Crippen LogP contribution in [-0.2, 0) is 0 Å². The molecule has 4 nitrogen and oxygen atoms in total. The molecule has 1 amide bonds. The van der Waals surface area contributed by atoms with Crippen molar-refractivity contribution >= 4 is 11.6 Å². The Labute approximate surface area is 128 Å². The zero-order chi connectivity index (χ0) is 16.0. The summed E-state index contributed by atoms with van der Waals surface area (Å²) in [7, 11) is 1.56. The number of benzene rings is 1. The van der Waals surface area contributed by atoms with Gasteiger partial charge in [-0.2, -0.15) is 0 Å². The van der Waals surface area contributed by atoms with Gasteiger partial charge in [0.05, 0.1) is 12.7 Å². The van der Waals surface area contributed by atoms with E-state index in [0.717, 1.165) is 19.4 Å². The van der Waals surface area contributed by atoms with Crippen LogP contribution in [0.4, 0.5) is 5.69 Å². The third-order valence-electron chi connectivity index (χ3n) is 3.66. The fraction of sp³-hybridized carbons (Fsp3) is 0.588. The Hall–Kier alpha value is -1.71. The van der Waals surface area contributed by atoms with Crippen LogP contribution in [0.15, 0.2) is 18.2 Å². The van der Waals surface area contributed by atoms with Gasteiger partial charge in [-0.1, -0.05) is 27.7 Å². The zero-order valence-corrected chi connectivity index (χ0v) is 13.8. The number of rotatable bonds is 7. The van der Waals surface area contributed by atoms with Crippen molar-refractivity contribution in [1.29, 1.82) is 0 Å². The highest BCUT2D eigenvalue weighted by Crippen LogP contribution is 2.25. The van der Waals surface area contributed by atoms with Gasteiger partial charge in [-0.25, -0.2) is 0 Å². The summed E-state index contributed by atoms with van der Waals surface area (Å²) in [4.78, 5) is 14.9. The van der Waals surface area contributed by atoms with E-state index in [-0.39, 0.29) is 11.9 Å². The van der Waals surface area contributed by atoms with Crippen molar-refractivity contribution in [2.24, 2.45) is 5.92 Å². The number of hydrogen-bond donors (Lipinski definition) is 1. The third-order valence-corrected chi connectivity index (χ3v) is 3.66. The summed E-state index contributed by atoms with van der Waals surface area (Å²) in [6, 6.07) is 5.46. The molecule has 1 rings (SSSR count). The van der Waals surface area contributed by atoms with Gasteiger partial charge in [0, 0.05) is 24.3 Å². The van der Waals surface area contributed by atoms with Crippen LogP contribution >= 0.6 is 0 Å². The Balaban J connectivity index is 3.15. The van der Waals surface area contributed by atoms with E-state index in [1.807, 2.05) is 4.90 Å². The lowest BCUT2D eigenvalue weighted by Gasteiger charge is -2.32. The van der Waals surface area contributed by atoms with Crippen LogP contribution in [0.5, 0.6) is 5.75 Å². The van der Waals surface area contributed by atoms with Crippen molar-refractivity contribution in [3.05, 3.63) is 23.8 Å². The van der Waals surface area contributed by atoms with E-state index in [4.69, 9.17) is 10.5 Å². The van der Waals surface area contributed by atoms with Gasteiger partial charge in [-0.05, 0) is 30.9 Å². The normalized spacial score (nSPS) is 11.0. The molecule has 0 atom stereocenters. The van der Waals surface area contributed by atoms with Crippen molar-refractivity contribution in [2.45, 2.75) is 46.6 Å². The van der Waals surface area contributed by atoms with Crippen LogP contribution in [0.25, 0.3) is 0 Å². The van der Waals surface area contributed by atoms with Crippen LogP contribution in [-0.4, -0.2) is 30.5 Å². The van der Waals surface area contributed by atoms with Gasteiger partial charge in [0.2, 0.25) is 0 Å². The molecule has 0 aliphatic heterocycles. The predicted octanol–water partition coefficient (Wildman–Crippen LogP) is 3.56. The van der Waals surface area contributed by atoms with E-state index in [1.165, 1.54) is 0 Å². The SMILES string of the molecule is CCC(CC)N(CC(C)C)C(=O)c1ccc(N)cc1OC. The van der Waals surface area contributed by atoms with Gasteiger partial charge in [0.25, 0.3) is 5.91 Å². The maximum atomic E-state index is 12.9. The topological polar surface area (TPSA) is 55.6 Å². The summed E-state index contributed by atoms with van der Waals surface area (Å²) in [5, 5.41) is 0. The second kappa shape index (κ2) is 7.91. The van der Waals surface area contributed by atoms with Gasteiger partial charge in [-0.15, -0.1) is 0 Å². The van der Waals surface area contributed by atoms with E-state index in [0.29, 0.717) is 22.9 Å². The fourth-order valence-corrected chi connectivity index (χ4v) is 2.56. The largest absolute Gasteiger partial charge is 0.496 e. The number of nitrogens with two attached hydrogens (primary N) is 1. The number of methoxy groups -OCH3 is 1. The number of amides is 1.